The number of hydrogen-bond donors (Lipinski definition) is 2. The summed E-state index contributed by atoms with van der Waals surface area (Å²) in [6.45, 7) is 0.510. The molecular formula is C17H14F4N2O3. The molecule has 9 heteroatoms. The minimum atomic E-state index is -4.61. The fourth-order valence-corrected chi connectivity index (χ4v) is 2.06. The lowest BCUT2D eigenvalue weighted by Crippen LogP contribution is -2.21. The number of carbonyl (C=O) groups is 2. The predicted molar refractivity (Wildman–Crippen MR) is 86.3 cm³/mol. The molecule has 2 rings (SSSR count). The molecule has 0 unspecified atom stereocenters. The zero-order valence-corrected chi connectivity index (χ0v) is 13.5. The lowest BCUT2D eigenvalue weighted by atomic mass is 10.2. The summed E-state index contributed by atoms with van der Waals surface area (Å²) in [5.41, 5.74) is -0.992. The van der Waals surface area contributed by atoms with Gasteiger partial charge in [0.1, 0.15) is 11.6 Å². The molecule has 0 atom stereocenters. The Morgan fingerprint density at radius 3 is 2.42 bits per heavy atom. The van der Waals surface area contributed by atoms with Crippen molar-refractivity contribution in [3.63, 3.8) is 0 Å². The predicted octanol–water partition coefficient (Wildman–Crippen LogP) is 3.82. The Morgan fingerprint density at radius 2 is 1.77 bits per heavy atom. The number of nitrogens with one attached hydrogen (secondary N) is 2. The van der Waals surface area contributed by atoms with Crippen LogP contribution in [-0.4, -0.2) is 18.4 Å². The van der Waals surface area contributed by atoms with Gasteiger partial charge in [-0.05, 0) is 30.3 Å². The molecule has 5 nitrogen and oxygen atoms in total. The number of rotatable bonds is 5. The number of alkyl halides is 3. The van der Waals surface area contributed by atoms with Crippen LogP contribution in [0.2, 0.25) is 0 Å². The molecule has 0 saturated carbocycles. The summed E-state index contributed by atoms with van der Waals surface area (Å²) >= 11 is 0. The number of para-hydroxylation sites is 1. The van der Waals surface area contributed by atoms with E-state index in [4.69, 9.17) is 4.74 Å². The molecule has 2 amide bonds. The molecular weight excluding hydrogens is 356 g/mol. The van der Waals surface area contributed by atoms with Gasteiger partial charge >= 0.3 is 6.18 Å². The second-order valence-corrected chi connectivity index (χ2v) is 5.21. The number of carbonyl (C=O) groups excluding carboxylic acids is 2. The van der Waals surface area contributed by atoms with Gasteiger partial charge in [-0.1, -0.05) is 12.1 Å². The summed E-state index contributed by atoms with van der Waals surface area (Å²) in [4.78, 5) is 22.9. The molecule has 2 aromatic rings. The van der Waals surface area contributed by atoms with Crippen molar-refractivity contribution in [2.45, 2.75) is 13.1 Å². The van der Waals surface area contributed by atoms with Gasteiger partial charge in [0, 0.05) is 12.6 Å². The molecule has 0 bridgehead atoms. The van der Waals surface area contributed by atoms with Crippen molar-refractivity contribution in [3.05, 3.63) is 53.8 Å². The highest BCUT2D eigenvalue weighted by atomic mass is 19.4. The Morgan fingerprint density at radius 1 is 1.08 bits per heavy atom. The fraction of sp³-hybridized carbons (Fsp3) is 0.176. The van der Waals surface area contributed by atoms with Crippen molar-refractivity contribution in [2.75, 3.05) is 17.2 Å². The standard InChI is InChI=1S/C17H14F4N2O3/c1-10(24)22-14-8-11(6-7-13(14)18)23-16(25)9-26-15-5-3-2-4-12(15)17(19,20)21/h2-8H,9H2,1H3,(H,22,24)(H,23,25). The summed E-state index contributed by atoms with van der Waals surface area (Å²) < 4.78 is 57.0. The van der Waals surface area contributed by atoms with Gasteiger partial charge in [-0.3, -0.25) is 9.59 Å². The van der Waals surface area contributed by atoms with Crippen molar-refractivity contribution >= 4 is 23.2 Å². The van der Waals surface area contributed by atoms with E-state index in [-0.39, 0.29) is 11.4 Å². The molecule has 138 valence electrons. The molecule has 2 N–H and O–H groups in total. The summed E-state index contributed by atoms with van der Waals surface area (Å²) in [5.74, 6) is -2.43. The topological polar surface area (TPSA) is 67.4 Å². The van der Waals surface area contributed by atoms with Crippen molar-refractivity contribution in [2.24, 2.45) is 0 Å². The Kier molecular flexibility index (Phi) is 5.81. The summed E-state index contributed by atoms with van der Waals surface area (Å²) in [7, 11) is 0. The van der Waals surface area contributed by atoms with E-state index in [1.54, 1.807) is 0 Å². The second-order valence-electron chi connectivity index (χ2n) is 5.21. The average molecular weight is 370 g/mol. The lowest BCUT2D eigenvalue weighted by Gasteiger charge is -2.14. The van der Waals surface area contributed by atoms with Crippen LogP contribution in [0, 0.1) is 5.82 Å². The number of hydrogen-bond acceptors (Lipinski definition) is 3. The fourth-order valence-electron chi connectivity index (χ4n) is 2.06. The highest BCUT2D eigenvalue weighted by Crippen LogP contribution is 2.35. The van der Waals surface area contributed by atoms with E-state index < -0.39 is 41.7 Å². The third-order valence-corrected chi connectivity index (χ3v) is 3.11. The summed E-state index contributed by atoms with van der Waals surface area (Å²) in [6.07, 6.45) is -4.61. The highest BCUT2D eigenvalue weighted by molar-refractivity contribution is 5.94. The molecule has 0 saturated heterocycles. The van der Waals surface area contributed by atoms with E-state index in [2.05, 4.69) is 10.6 Å². The lowest BCUT2D eigenvalue weighted by molar-refractivity contribution is -0.139. The van der Waals surface area contributed by atoms with Crippen LogP contribution >= 0.6 is 0 Å². The minimum absolute atomic E-state index is 0.140. The van der Waals surface area contributed by atoms with Crippen LogP contribution in [0.5, 0.6) is 5.75 Å². The maximum atomic E-state index is 13.5. The van der Waals surface area contributed by atoms with Crippen molar-refractivity contribution in [1.82, 2.24) is 0 Å². The highest BCUT2D eigenvalue weighted by Gasteiger charge is 2.34. The summed E-state index contributed by atoms with van der Waals surface area (Å²) in [6, 6.07) is 7.94. The molecule has 0 heterocycles. The number of ether oxygens (including phenoxy) is 1. The van der Waals surface area contributed by atoms with E-state index >= 15 is 0 Å². The Hall–Kier alpha value is -3.10. The van der Waals surface area contributed by atoms with Crippen LogP contribution in [0.3, 0.4) is 0 Å². The SMILES string of the molecule is CC(=O)Nc1cc(NC(=O)COc2ccccc2C(F)(F)F)ccc1F. The zero-order chi connectivity index (χ0) is 19.3. The normalized spacial score (nSPS) is 11.0. The van der Waals surface area contributed by atoms with Crippen LogP contribution in [0.1, 0.15) is 12.5 Å². The van der Waals surface area contributed by atoms with Crippen molar-refractivity contribution in [1.29, 1.82) is 0 Å². The first-order valence-corrected chi connectivity index (χ1v) is 7.33. The molecule has 0 radical (unpaired) electrons. The first-order valence-electron chi connectivity index (χ1n) is 7.33. The van der Waals surface area contributed by atoms with E-state index in [1.807, 2.05) is 0 Å². The van der Waals surface area contributed by atoms with Crippen molar-refractivity contribution in [3.8, 4) is 5.75 Å². The van der Waals surface area contributed by atoms with Crippen LogP contribution in [0.15, 0.2) is 42.5 Å². The largest absolute Gasteiger partial charge is 0.483 e. The van der Waals surface area contributed by atoms with Gasteiger partial charge in [-0.25, -0.2) is 4.39 Å². The molecule has 0 fully saturated rings. The number of benzene rings is 2. The van der Waals surface area contributed by atoms with Gasteiger partial charge in [0.05, 0.1) is 11.3 Å². The third kappa shape index (κ3) is 5.20. The molecule has 0 aromatic heterocycles. The van der Waals surface area contributed by atoms with Crippen LogP contribution < -0.4 is 15.4 Å². The average Bonchev–Trinajstić information content (AvgIpc) is 2.55. The van der Waals surface area contributed by atoms with Crippen molar-refractivity contribution < 1.29 is 31.9 Å². The number of amides is 2. The van der Waals surface area contributed by atoms with Gasteiger partial charge < -0.3 is 15.4 Å². The van der Waals surface area contributed by atoms with E-state index in [0.717, 1.165) is 18.2 Å². The van der Waals surface area contributed by atoms with Gasteiger partial charge in [0.15, 0.2) is 6.61 Å². The van der Waals surface area contributed by atoms with E-state index in [1.165, 1.54) is 31.2 Å². The van der Waals surface area contributed by atoms with Gasteiger partial charge in [-0.2, -0.15) is 13.2 Å². The monoisotopic (exact) mass is 370 g/mol. The van der Waals surface area contributed by atoms with Gasteiger partial charge in [-0.15, -0.1) is 0 Å². The Labute approximate surface area is 146 Å². The Bertz CT molecular complexity index is 822. The zero-order valence-electron chi connectivity index (χ0n) is 13.5. The third-order valence-electron chi connectivity index (χ3n) is 3.11. The molecule has 0 aliphatic heterocycles. The van der Waals surface area contributed by atoms with Gasteiger partial charge in [0.25, 0.3) is 5.91 Å². The molecule has 0 aliphatic rings. The minimum Gasteiger partial charge on any atom is -0.483 e. The maximum absolute atomic E-state index is 13.5. The first kappa shape index (κ1) is 19.2. The van der Waals surface area contributed by atoms with E-state index in [9.17, 15) is 27.2 Å². The van der Waals surface area contributed by atoms with Gasteiger partial charge in [0.2, 0.25) is 5.91 Å². The van der Waals surface area contributed by atoms with Crippen LogP contribution in [-0.2, 0) is 15.8 Å². The summed E-state index contributed by atoms with van der Waals surface area (Å²) in [5, 5.41) is 4.60. The number of anilines is 2. The smallest absolute Gasteiger partial charge is 0.419 e. The number of halogens is 4. The quantitative estimate of drug-likeness (QED) is 0.787. The first-order chi connectivity index (χ1) is 12.2. The Balaban J connectivity index is 2.03. The molecule has 2 aromatic carbocycles. The molecule has 0 spiro atoms. The van der Waals surface area contributed by atoms with Crippen LogP contribution in [0.4, 0.5) is 28.9 Å². The van der Waals surface area contributed by atoms with Crippen LogP contribution in [0.25, 0.3) is 0 Å². The van der Waals surface area contributed by atoms with E-state index in [0.29, 0.717) is 0 Å². The maximum Gasteiger partial charge on any atom is 0.419 e. The second kappa shape index (κ2) is 7.85. The molecule has 0 aliphatic carbocycles. The molecule has 26 heavy (non-hydrogen) atoms.